The molecule has 10 atom stereocenters. The molecular weight excluding hydrogens is 600 g/mol. The third-order valence-electron chi connectivity index (χ3n) is 8.20. The number of rotatable bonds is 8. The van der Waals surface area contributed by atoms with Gasteiger partial charge in [-0.15, -0.1) is 0 Å². The van der Waals surface area contributed by atoms with Gasteiger partial charge in [-0.2, -0.15) is 0 Å². The monoisotopic (exact) mass is 636 g/mol. The molecule has 45 heavy (non-hydrogen) atoms. The van der Waals surface area contributed by atoms with Gasteiger partial charge in [-0.3, -0.25) is 4.79 Å². The van der Waals surface area contributed by atoms with Crippen molar-refractivity contribution in [3.05, 3.63) is 40.6 Å². The Balaban J connectivity index is 1.49. The van der Waals surface area contributed by atoms with E-state index >= 15 is 0 Å². The SMILES string of the molecule is COc1cc(-c2oc3cc(=O)cc(O)c-3cc2OC2OC(COC3CC(C)C(O)C(O)C3O)C(O)C(O)C2O)cc(OC)c1O. The number of aliphatic hydroxyl groups excluding tert-OH is 6. The minimum Gasteiger partial charge on any atom is -0.507 e. The molecule has 15 heteroatoms. The summed E-state index contributed by atoms with van der Waals surface area (Å²) in [6.07, 6.45) is -13.0. The van der Waals surface area contributed by atoms with Gasteiger partial charge in [0.1, 0.15) is 48.1 Å². The number of aromatic hydroxyl groups is 2. The maximum Gasteiger partial charge on any atom is 0.229 e. The lowest BCUT2D eigenvalue weighted by Crippen LogP contribution is -2.61. The van der Waals surface area contributed by atoms with E-state index in [9.17, 15) is 45.6 Å². The molecule has 0 bridgehead atoms. The lowest BCUT2D eigenvalue weighted by atomic mass is 9.82. The van der Waals surface area contributed by atoms with Crippen LogP contribution in [0.1, 0.15) is 13.3 Å². The zero-order chi connectivity index (χ0) is 32.7. The van der Waals surface area contributed by atoms with Gasteiger partial charge < -0.3 is 69.0 Å². The average molecular weight is 637 g/mol. The Bertz CT molecular complexity index is 1500. The van der Waals surface area contributed by atoms with Crippen molar-refractivity contribution in [3.8, 4) is 51.4 Å². The first-order valence-corrected chi connectivity index (χ1v) is 14.1. The van der Waals surface area contributed by atoms with E-state index in [1.165, 1.54) is 32.4 Å². The van der Waals surface area contributed by atoms with Crippen LogP contribution in [0, 0.1) is 5.92 Å². The fourth-order valence-corrected chi connectivity index (χ4v) is 5.55. The summed E-state index contributed by atoms with van der Waals surface area (Å²) in [7, 11) is 2.62. The molecule has 5 rings (SSSR count). The highest BCUT2D eigenvalue weighted by atomic mass is 16.7. The molecule has 0 spiro atoms. The summed E-state index contributed by atoms with van der Waals surface area (Å²) < 4.78 is 34.0. The summed E-state index contributed by atoms with van der Waals surface area (Å²) in [6.45, 7) is 1.27. The minimum atomic E-state index is -1.81. The van der Waals surface area contributed by atoms with E-state index in [0.717, 1.165) is 12.1 Å². The Kier molecular flexibility index (Phi) is 9.44. The Morgan fingerprint density at radius 2 is 1.44 bits per heavy atom. The second-order valence-corrected chi connectivity index (χ2v) is 11.2. The number of fused-ring (bicyclic) bond motifs is 1. The Labute approximate surface area is 256 Å². The topological polar surface area (TPSA) is 238 Å². The van der Waals surface area contributed by atoms with Crippen LogP contribution >= 0.6 is 0 Å². The number of aliphatic hydroxyl groups is 6. The van der Waals surface area contributed by atoms with Gasteiger partial charge in [0, 0.05) is 17.7 Å². The molecule has 1 saturated heterocycles. The molecular formula is C30H36O15. The first kappa shape index (κ1) is 32.7. The van der Waals surface area contributed by atoms with Gasteiger partial charge in [0.05, 0.1) is 38.6 Å². The molecule has 2 heterocycles. The van der Waals surface area contributed by atoms with Crippen LogP contribution in [0.2, 0.25) is 0 Å². The zero-order valence-electron chi connectivity index (χ0n) is 24.5. The Hall–Kier alpha value is -3.67. The molecule has 4 aliphatic rings. The van der Waals surface area contributed by atoms with Crippen molar-refractivity contribution in [1.29, 1.82) is 0 Å². The van der Waals surface area contributed by atoms with Crippen molar-refractivity contribution in [3.63, 3.8) is 0 Å². The lowest BCUT2D eigenvalue weighted by Gasteiger charge is -2.42. The molecule has 0 radical (unpaired) electrons. The number of hydrogen-bond donors (Lipinski definition) is 8. The standard InChI is InChI=1S/C30H36O15/c1-11-4-19(24(35)26(37)22(11)33)42-10-21-25(36)27(38)28(39)30(45-21)44-20-9-14-15(32)7-13(31)8-16(14)43-29(20)12-5-17(40-2)23(34)18(6-12)41-3/h5-9,11,19,21-22,24-28,30,32-39H,4,10H2,1-3H3. The van der Waals surface area contributed by atoms with Crippen molar-refractivity contribution in [2.24, 2.45) is 5.92 Å². The molecule has 0 aromatic heterocycles. The third-order valence-corrected chi connectivity index (χ3v) is 8.20. The summed E-state index contributed by atoms with van der Waals surface area (Å²) in [4.78, 5) is 12.1. The van der Waals surface area contributed by atoms with E-state index < -0.39 is 78.8 Å². The van der Waals surface area contributed by atoms with Crippen molar-refractivity contribution >= 4 is 0 Å². The van der Waals surface area contributed by atoms with Crippen LogP contribution in [0.4, 0.5) is 0 Å². The molecule has 1 aromatic carbocycles. The van der Waals surface area contributed by atoms with Crippen LogP contribution in [0.5, 0.6) is 28.7 Å². The maximum absolute atomic E-state index is 12.1. The van der Waals surface area contributed by atoms with Gasteiger partial charge >= 0.3 is 0 Å². The van der Waals surface area contributed by atoms with Crippen LogP contribution in [0.3, 0.4) is 0 Å². The third kappa shape index (κ3) is 6.25. The van der Waals surface area contributed by atoms with Crippen LogP contribution in [0.25, 0.3) is 22.6 Å². The van der Waals surface area contributed by atoms with E-state index in [-0.39, 0.29) is 52.1 Å². The molecule has 10 unspecified atom stereocenters. The normalized spacial score (nSPS) is 31.9. The van der Waals surface area contributed by atoms with E-state index in [0.29, 0.717) is 0 Å². The van der Waals surface area contributed by atoms with Gasteiger partial charge in [-0.1, -0.05) is 6.92 Å². The lowest BCUT2D eigenvalue weighted by molar-refractivity contribution is -0.285. The fraction of sp³-hybridized carbons (Fsp3) is 0.500. The number of methoxy groups -OCH3 is 2. The fourth-order valence-electron chi connectivity index (χ4n) is 5.55. The first-order valence-electron chi connectivity index (χ1n) is 14.1. The van der Waals surface area contributed by atoms with Crippen LogP contribution in [-0.2, 0) is 9.47 Å². The summed E-state index contributed by atoms with van der Waals surface area (Å²) in [5, 5.41) is 83.6. The summed E-state index contributed by atoms with van der Waals surface area (Å²) in [6, 6.07) is 6.16. The molecule has 1 aromatic rings. The number of ether oxygens (including phenoxy) is 5. The number of phenols is 2. The van der Waals surface area contributed by atoms with Crippen LogP contribution < -0.4 is 19.6 Å². The molecule has 0 amide bonds. The molecule has 1 saturated carbocycles. The van der Waals surface area contributed by atoms with Crippen molar-refractivity contribution < 1.29 is 69.0 Å². The predicted octanol–water partition coefficient (Wildman–Crippen LogP) is -0.466. The first-order chi connectivity index (χ1) is 21.3. The van der Waals surface area contributed by atoms with E-state index in [1.807, 2.05) is 0 Å². The van der Waals surface area contributed by atoms with Crippen molar-refractivity contribution in [2.75, 3.05) is 20.8 Å². The van der Waals surface area contributed by atoms with Gasteiger partial charge in [0.15, 0.2) is 28.4 Å². The van der Waals surface area contributed by atoms with E-state index in [2.05, 4.69) is 0 Å². The highest BCUT2D eigenvalue weighted by Crippen LogP contribution is 2.46. The van der Waals surface area contributed by atoms with Crippen LogP contribution in [-0.4, -0.2) is 117 Å². The van der Waals surface area contributed by atoms with Crippen molar-refractivity contribution in [2.45, 2.75) is 68.5 Å². The largest absolute Gasteiger partial charge is 0.507 e. The van der Waals surface area contributed by atoms with Gasteiger partial charge in [0.25, 0.3) is 0 Å². The zero-order valence-corrected chi connectivity index (χ0v) is 24.5. The molecule has 246 valence electrons. The van der Waals surface area contributed by atoms with Gasteiger partial charge in [-0.05, 0) is 30.5 Å². The molecule has 2 aliphatic heterocycles. The van der Waals surface area contributed by atoms with Gasteiger partial charge in [0.2, 0.25) is 12.0 Å². The summed E-state index contributed by atoms with van der Waals surface area (Å²) in [5.41, 5.74) is -0.284. The molecule has 2 aliphatic carbocycles. The highest BCUT2D eigenvalue weighted by Gasteiger charge is 2.47. The quantitative estimate of drug-likeness (QED) is 0.156. The second-order valence-electron chi connectivity index (χ2n) is 11.2. The molecule has 2 fully saturated rings. The number of benzene rings is 2. The number of hydrogen-bond acceptors (Lipinski definition) is 15. The summed E-state index contributed by atoms with van der Waals surface area (Å²) >= 11 is 0. The van der Waals surface area contributed by atoms with E-state index in [1.54, 1.807) is 6.92 Å². The summed E-state index contributed by atoms with van der Waals surface area (Å²) in [5.74, 6) is -1.44. The average Bonchev–Trinajstić information content (AvgIpc) is 3.01. The Morgan fingerprint density at radius 1 is 0.800 bits per heavy atom. The second kappa shape index (κ2) is 13.0. The van der Waals surface area contributed by atoms with E-state index in [4.69, 9.17) is 28.1 Å². The number of phenolic OH excluding ortho intramolecular Hbond substituents is 2. The predicted molar refractivity (Wildman–Crippen MR) is 152 cm³/mol. The molecule has 15 nitrogen and oxygen atoms in total. The van der Waals surface area contributed by atoms with Crippen LogP contribution in [0.15, 0.2) is 39.5 Å². The Morgan fingerprint density at radius 3 is 2.09 bits per heavy atom. The van der Waals surface area contributed by atoms with Gasteiger partial charge in [-0.25, -0.2) is 0 Å². The smallest absolute Gasteiger partial charge is 0.229 e. The maximum atomic E-state index is 12.1. The van der Waals surface area contributed by atoms with Crippen molar-refractivity contribution in [1.82, 2.24) is 0 Å². The highest BCUT2D eigenvalue weighted by molar-refractivity contribution is 5.77. The molecule has 8 N–H and O–H groups in total. The minimum absolute atomic E-state index is 0.00687.